The number of nitrogens with one attached hydrogen (secondary N) is 1. The van der Waals surface area contributed by atoms with E-state index in [-0.39, 0.29) is 0 Å². The molecule has 1 spiro atoms. The highest BCUT2D eigenvalue weighted by atomic mass is 16.5. The van der Waals surface area contributed by atoms with Crippen LogP contribution in [0.4, 0.5) is 0 Å². The third-order valence-corrected chi connectivity index (χ3v) is 6.26. The molecule has 4 rings (SSSR count). The normalized spacial score (nSPS) is 25.7. The summed E-state index contributed by atoms with van der Waals surface area (Å²) >= 11 is 0. The second-order valence-electron chi connectivity index (χ2n) is 8.32. The van der Waals surface area contributed by atoms with Crippen LogP contribution < -0.4 is 10.1 Å². The molecule has 0 aromatic heterocycles. The first-order valence-electron chi connectivity index (χ1n) is 10.8. The molecule has 0 amide bonds. The van der Waals surface area contributed by atoms with E-state index < -0.39 is 0 Å². The molecule has 0 radical (unpaired) electrons. The highest BCUT2D eigenvalue weighted by Crippen LogP contribution is 2.38. The number of likely N-dealkylation sites (tertiary alicyclic amines) is 1. The van der Waals surface area contributed by atoms with E-state index in [0.717, 1.165) is 77.4 Å². The van der Waals surface area contributed by atoms with Crippen LogP contribution in [-0.4, -0.2) is 88.6 Å². The average molecular weight is 403 g/mol. The van der Waals surface area contributed by atoms with Crippen molar-refractivity contribution >= 4 is 5.96 Å². The van der Waals surface area contributed by atoms with E-state index in [1.807, 2.05) is 13.1 Å². The minimum absolute atomic E-state index is 0.339. The third-order valence-electron chi connectivity index (χ3n) is 6.26. The predicted octanol–water partition coefficient (Wildman–Crippen LogP) is 1.59. The first kappa shape index (κ1) is 20.4. The molecular formula is C22H34N4O3. The molecule has 29 heavy (non-hydrogen) atoms. The van der Waals surface area contributed by atoms with Crippen LogP contribution in [0.25, 0.3) is 0 Å². The van der Waals surface area contributed by atoms with Crippen LogP contribution in [0, 0.1) is 5.41 Å². The molecule has 1 atom stereocenters. The Balaban J connectivity index is 1.24. The van der Waals surface area contributed by atoms with Crippen LogP contribution in [0.15, 0.2) is 29.3 Å². The van der Waals surface area contributed by atoms with Gasteiger partial charge in [0.05, 0.1) is 19.8 Å². The van der Waals surface area contributed by atoms with Gasteiger partial charge in [0.15, 0.2) is 5.96 Å². The molecule has 3 saturated heterocycles. The minimum atomic E-state index is 0.339. The Kier molecular flexibility index (Phi) is 6.90. The van der Waals surface area contributed by atoms with E-state index >= 15 is 0 Å². The van der Waals surface area contributed by atoms with Crippen molar-refractivity contribution in [2.45, 2.75) is 19.4 Å². The van der Waals surface area contributed by atoms with E-state index in [1.165, 1.54) is 18.4 Å². The molecule has 1 aromatic rings. The fourth-order valence-corrected chi connectivity index (χ4v) is 4.46. The second-order valence-corrected chi connectivity index (χ2v) is 8.32. The van der Waals surface area contributed by atoms with Gasteiger partial charge in [-0.05, 0) is 30.5 Å². The standard InChI is InChI=1S/C22H34N4O3/c1-23-21(26-7-5-22(17-26)6-11-28-18-22)24-16-19-3-2-4-20(15-19)29-14-10-25-8-12-27-13-9-25/h2-4,15H,5-14,16-18H2,1H3,(H,23,24). The molecule has 0 saturated carbocycles. The summed E-state index contributed by atoms with van der Waals surface area (Å²) in [7, 11) is 1.86. The van der Waals surface area contributed by atoms with E-state index in [4.69, 9.17) is 14.2 Å². The highest BCUT2D eigenvalue weighted by Gasteiger charge is 2.42. The van der Waals surface area contributed by atoms with Crippen LogP contribution in [0.5, 0.6) is 5.75 Å². The molecule has 0 aliphatic carbocycles. The van der Waals surface area contributed by atoms with E-state index in [1.54, 1.807) is 0 Å². The first-order chi connectivity index (χ1) is 14.3. The Hall–Kier alpha value is -1.83. The number of aliphatic imine (C=N–C) groups is 1. The fraction of sp³-hybridized carbons (Fsp3) is 0.682. The van der Waals surface area contributed by atoms with Crippen molar-refractivity contribution in [1.82, 2.24) is 15.1 Å². The Bertz CT molecular complexity index is 684. The molecule has 0 bridgehead atoms. The number of morpholine rings is 1. The molecule has 3 aliphatic rings. The van der Waals surface area contributed by atoms with E-state index in [2.05, 4.69) is 38.3 Å². The minimum Gasteiger partial charge on any atom is -0.492 e. The van der Waals surface area contributed by atoms with Crippen LogP contribution >= 0.6 is 0 Å². The smallest absolute Gasteiger partial charge is 0.193 e. The van der Waals surface area contributed by atoms with Gasteiger partial charge in [0.1, 0.15) is 12.4 Å². The molecular weight excluding hydrogens is 368 g/mol. The van der Waals surface area contributed by atoms with E-state index in [0.29, 0.717) is 12.0 Å². The number of rotatable bonds is 6. The van der Waals surface area contributed by atoms with Gasteiger partial charge in [0.2, 0.25) is 0 Å². The summed E-state index contributed by atoms with van der Waals surface area (Å²) in [6.45, 7) is 9.92. The number of ether oxygens (including phenoxy) is 3. The van der Waals surface area contributed by atoms with Crippen molar-refractivity contribution in [3.63, 3.8) is 0 Å². The first-order valence-corrected chi connectivity index (χ1v) is 10.8. The zero-order chi connectivity index (χ0) is 19.9. The third kappa shape index (κ3) is 5.41. The Morgan fingerprint density at radius 2 is 2.07 bits per heavy atom. The van der Waals surface area contributed by atoms with Gasteiger partial charge in [0, 0.05) is 58.3 Å². The van der Waals surface area contributed by atoms with Crippen LogP contribution in [-0.2, 0) is 16.0 Å². The lowest BCUT2D eigenvalue weighted by Gasteiger charge is -2.26. The van der Waals surface area contributed by atoms with Gasteiger partial charge in [-0.2, -0.15) is 0 Å². The molecule has 1 N–H and O–H groups in total. The number of hydrogen-bond donors (Lipinski definition) is 1. The lowest BCUT2D eigenvalue weighted by molar-refractivity contribution is 0.0322. The van der Waals surface area contributed by atoms with Gasteiger partial charge < -0.3 is 24.4 Å². The number of hydrogen-bond acceptors (Lipinski definition) is 5. The molecule has 7 nitrogen and oxygen atoms in total. The molecule has 3 fully saturated rings. The van der Waals surface area contributed by atoms with Crippen LogP contribution in [0.3, 0.4) is 0 Å². The summed E-state index contributed by atoms with van der Waals surface area (Å²) in [6.07, 6.45) is 2.37. The SMILES string of the molecule is CN=C(NCc1cccc(OCCN2CCOCC2)c1)N1CCC2(CCOC2)C1. The van der Waals surface area contributed by atoms with Crippen LogP contribution in [0.2, 0.25) is 0 Å². The van der Waals surface area contributed by atoms with Crippen LogP contribution in [0.1, 0.15) is 18.4 Å². The van der Waals surface area contributed by atoms with E-state index in [9.17, 15) is 0 Å². The maximum absolute atomic E-state index is 5.98. The predicted molar refractivity (Wildman–Crippen MR) is 113 cm³/mol. The number of benzene rings is 1. The summed E-state index contributed by atoms with van der Waals surface area (Å²) < 4.78 is 17.0. The average Bonchev–Trinajstić information content (AvgIpc) is 3.40. The molecule has 3 heterocycles. The summed E-state index contributed by atoms with van der Waals surface area (Å²) in [5, 5.41) is 3.53. The number of nitrogens with zero attached hydrogens (tertiary/aromatic N) is 3. The van der Waals surface area contributed by atoms with Gasteiger partial charge in [-0.25, -0.2) is 0 Å². The van der Waals surface area contributed by atoms with Crippen molar-refractivity contribution < 1.29 is 14.2 Å². The van der Waals surface area contributed by atoms with Gasteiger partial charge in [-0.3, -0.25) is 9.89 Å². The zero-order valence-electron chi connectivity index (χ0n) is 17.6. The second kappa shape index (κ2) is 9.78. The monoisotopic (exact) mass is 402 g/mol. The van der Waals surface area contributed by atoms with Crippen molar-refractivity contribution in [2.24, 2.45) is 10.4 Å². The quantitative estimate of drug-likeness (QED) is 0.576. The van der Waals surface area contributed by atoms with Gasteiger partial charge in [-0.1, -0.05) is 12.1 Å². The largest absolute Gasteiger partial charge is 0.492 e. The maximum Gasteiger partial charge on any atom is 0.193 e. The Morgan fingerprint density at radius 1 is 1.17 bits per heavy atom. The molecule has 7 heteroatoms. The van der Waals surface area contributed by atoms with Gasteiger partial charge in [-0.15, -0.1) is 0 Å². The van der Waals surface area contributed by atoms with Crippen molar-refractivity contribution in [1.29, 1.82) is 0 Å². The van der Waals surface area contributed by atoms with Crippen molar-refractivity contribution in [3.05, 3.63) is 29.8 Å². The fourth-order valence-electron chi connectivity index (χ4n) is 4.46. The number of guanidine groups is 1. The summed E-state index contributed by atoms with van der Waals surface area (Å²) in [6, 6.07) is 8.34. The summed E-state index contributed by atoms with van der Waals surface area (Å²) in [5.41, 5.74) is 1.54. The maximum atomic E-state index is 5.98. The molecule has 1 unspecified atom stereocenters. The van der Waals surface area contributed by atoms with Crippen molar-refractivity contribution in [2.75, 3.05) is 72.8 Å². The Morgan fingerprint density at radius 3 is 2.86 bits per heavy atom. The summed E-state index contributed by atoms with van der Waals surface area (Å²) in [5.74, 6) is 1.91. The topological polar surface area (TPSA) is 58.6 Å². The zero-order valence-corrected chi connectivity index (χ0v) is 17.6. The summed E-state index contributed by atoms with van der Waals surface area (Å²) in [4.78, 5) is 9.27. The molecule has 3 aliphatic heterocycles. The lowest BCUT2D eigenvalue weighted by atomic mass is 9.87. The van der Waals surface area contributed by atoms with Gasteiger partial charge in [0.25, 0.3) is 0 Å². The Labute approximate surface area is 174 Å². The van der Waals surface area contributed by atoms with Crippen molar-refractivity contribution in [3.8, 4) is 5.75 Å². The lowest BCUT2D eigenvalue weighted by Crippen LogP contribution is -2.41. The molecule has 160 valence electrons. The molecule has 1 aromatic carbocycles. The highest BCUT2D eigenvalue weighted by molar-refractivity contribution is 5.80. The van der Waals surface area contributed by atoms with Gasteiger partial charge >= 0.3 is 0 Å².